The first-order valence-electron chi connectivity index (χ1n) is 5.44. The van der Waals surface area contributed by atoms with Crippen LogP contribution in [0.1, 0.15) is 21.5 Å². The molecule has 19 heavy (non-hydrogen) atoms. The van der Waals surface area contributed by atoms with Crippen molar-refractivity contribution in [1.29, 1.82) is 0 Å². The first-order chi connectivity index (χ1) is 8.90. The molecule has 0 aliphatic heterocycles. The molecule has 0 amide bonds. The lowest BCUT2D eigenvalue weighted by Crippen LogP contribution is -1.99. The normalized spacial score (nSPS) is 12.5. The first kappa shape index (κ1) is 14.8. The van der Waals surface area contributed by atoms with Gasteiger partial charge < -0.3 is 0 Å². The molecule has 0 saturated heterocycles. The van der Waals surface area contributed by atoms with Crippen LogP contribution in [0.15, 0.2) is 30.3 Å². The molecule has 2 rings (SSSR count). The van der Waals surface area contributed by atoms with E-state index in [4.69, 9.17) is 23.2 Å². The van der Waals surface area contributed by atoms with Gasteiger partial charge in [0.1, 0.15) is 0 Å². The van der Waals surface area contributed by atoms with E-state index in [0.717, 1.165) is 23.3 Å². The van der Waals surface area contributed by atoms with Crippen molar-refractivity contribution in [1.82, 2.24) is 0 Å². The fraction of sp³-hybridized carbons (Fsp3) is 0.143. The van der Waals surface area contributed by atoms with E-state index in [2.05, 4.69) is 15.9 Å². The molecule has 0 N–H and O–H groups in total. The Hall–Kier alpha value is -0.640. The van der Waals surface area contributed by atoms with E-state index in [1.807, 2.05) is 13.0 Å². The summed E-state index contributed by atoms with van der Waals surface area (Å²) in [6.07, 6.45) is 0. The highest BCUT2D eigenvalue weighted by Crippen LogP contribution is 2.38. The van der Waals surface area contributed by atoms with Crippen LogP contribution < -0.4 is 0 Å². The highest BCUT2D eigenvalue weighted by molar-refractivity contribution is 9.09. The summed E-state index contributed by atoms with van der Waals surface area (Å²) in [4.78, 5) is -0.327. The fourth-order valence-electron chi connectivity index (χ4n) is 1.82. The third-order valence-corrected chi connectivity index (χ3v) is 4.37. The maximum atomic E-state index is 13.3. The van der Waals surface area contributed by atoms with Crippen molar-refractivity contribution < 1.29 is 8.78 Å². The quantitative estimate of drug-likeness (QED) is 0.448. The summed E-state index contributed by atoms with van der Waals surface area (Å²) in [6, 6.07) is 7.45. The minimum Gasteiger partial charge on any atom is -0.204 e. The molecular formula is C14H9BrCl2F2. The highest BCUT2D eigenvalue weighted by atomic mass is 79.9. The number of aryl methyl sites for hydroxylation is 1. The van der Waals surface area contributed by atoms with Crippen LogP contribution in [-0.2, 0) is 0 Å². The zero-order valence-corrected chi connectivity index (χ0v) is 13.0. The minimum absolute atomic E-state index is 0.176. The van der Waals surface area contributed by atoms with E-state index in [0.29, 0.717) is 10.6 Å². The van der Waals surface area contributed by atoms with E-state index >= 15 is 0 Å². The van der Waals surface area contributed by atoms with Crippen LogP contribution in [0, 0.1) is 18.6 Å². The Labute approximate surface area is 128 Å². The Morgan fingerprint density at radius 1 is 1.00 bits per heavy atom. The molecule has 0 saturated carbocycles. The first-order valence-corrected chi connectivity index (χ1v) is 7.12. The van der Waals surface area contributed by atoms with Crippen molar-refractivity contribution in [2.45, 2.75) is 11.8 Å². The molecule has 0 aliphatic carbocycles. The summed E-state index contributed by atoms with van der Waals surface area (Å²) >= 11 is 15.3. The van der Waals surface area contributed by atoms with Gasteiger partial charge in [-0.05, 0) is 47.9 Å². The zero-order chi connectivity index (χ0) is 14.2. The van der Waals surface area contributed by atoms with E-state index in [-0.39, 0.29) is 9.85 Å². The standard InChI is InChI=1S/C14H9BrCl2F2/c1-7-4-8(16)2-3-9(7)14(15)10-5-12(18)13(19)6-11(10)17/h2-6,14H,1H3. The van der Waals surface area contributed by atoms with Crippen LogP contribution in [0.25, 0.3) is 0 Å². The second-order valence-corrected chi connectivity index (χ2v) is 5.91. The van der Waals surface area contributed by atoms with Gasteiger partial charge in [0, 0.05) is 10.0 Å². The lowest BCUT2D eigenvalue weighted by molar-refractivity contribution is 0.507. The number of alkyl halides is 1. The van der Waals surface area contributed by atoms with Gasteiger partial charge in [-0.3, -0.25) is 0 Å². The average molecular weight is 366 g/mol. The van der Waals surface area contributed by atoms with Crippen molar-refractivity contribution in [3.63, 3.8) is 0 Å². The summed E-state index contributed by atoms with van der Waals surface area (Å²) in [5.74, 6) is -1.88. The molecule has 0 aromatic heterocycles. The molecule has 100 valence electrons. The van der Waals surface area contributed by atoms with Crippen molar-refractivity contribution in [3.05, 3.63) is 68.7 Å². The number of hydrogen-bond donors (Lipinski definition) is 0. The molecule has 2 aromatic rings. The maximum Gasteiger partial charge on any atom is 0.160 e. The van der Waals surface area contributed by atoms with Crippen LogP contribution in [0.5, 0.6) is 0 Å². The van der Waals surface area contributed by atoms with Gasteiger partial charge in [0.25, 0.3) is 0 Å². The minimum atomic E-state index is -0.957. The van der Waals surface area contributed by atoms with Crippen LogP contribution in [0.2, 0.25) is 10.0 Å². The molecule has 5 heteroatoms. The van der Waals surface area contributed by atoms with Gasteiger partial charge in [0.05, 0.1) is 4.83 Å². The largest absolute Gasteiger partial charge is 0.204 e. The predicted molar refractivity (Wildman–Crippen MR) is 78.3 cm³/mol. The van der Waals surface area contributed by atoms with Crippen molar-refractivity contribution in [2.75, 3.05) is 0 Å². The molecule has 2 aromatic carbocycles. The summed E-state index contributed by atoms with van der Waals surface area (Å²) in [6.45, 7) is 1.89. The van der Waals surface area contributed by atoms with Gasteiger partial charge in [-0.15, -0.1) is 0 Å². The van der Waals surface area contributed by atoms with Gasteiger partial charge in [-0.25, -0.2) is 8.78 Å². The molecule has 0 spiro atoms. The van der Waals surface area contributed by atoms with Gasteiger partial charge in [-0.1, -0.05) is 45.2 Å². The molecule has 0 fully saturated rings. The average Bonchev–Trinajstić information content (AvgIpc) is 2.33. The third kappa shape index (κ3) is 3.10. The van der Waals surface area contributed by atoms with E-state index in [1.54, 1.807) is 12.1 Å². The smallest absolute Gasteiger partial charge is 0.160 e. The number of halogens is 5. The topological polar surface area (TPSA) is 0 Å². The van der Waals surface area contributed by atoms with Gasteiger partial charge in [0.15, 0.2) is 11.6 Å². The molecule has 0 heterocycles. The summed E-state index contributed by atoms with van der Waals surface area (Å²) in [7, 11) is 0. The Morgan fingerprint density at radius 3 is 2.26 bits per heavy atom. The Balaban J connectivity index is 2.49. The van der Waals surface area contributed by atoms with E-state index in [1.165, 1.54) is 0 Å². The predicted octanol–water partition coefficient (Wildman–Crippen LogP) is 6.06. The molecular weight excluding hydrogens is 357 g/mol. The van der Waals surface area contributed by atoms with Crippen LogP contribution >= 0.6 is 39.1 Å². The van der Waals surface area contributed by atoms with Crippen molar-refractivity contribution in [3.8, 4) is 0 Å². The molecule has 0 radical (unpaired) electrons. The van der Waals surface area contributed by atoms with E-state index < -0.39 is 11.6 Å². The SMILES string of the molecule is Cc1cc(Cl)ccc1C(Br)c1cc(F)c(F)cc1Cl. The maximum absolute atomic E-state index is 13.3. The lowest BCUT2D eigenvalue weighted by atomic mass is 10.0. The highest BCUT2D eigenvalue weighted by Gasteiger charge is 2.18. The monoisotopic (exact) mass is 364 g/mol. The summed E-state index contributed by atoms with van der Waals surface area (Å²) in [5, 5.41) is 0.799. The van der Waals surface area contributed by atoms with Crippen molar-refractivity contribution in [2.24, 2.45) is 0 Å². The van der Waals surface area contributed by atoms with Crippen LogP contribution in [0.3, 0.4) is 0 Å². The van der Waals surface area contributed by atoms with Gasteiger partial charge in [0.2, 0.25) is 0 Å². The molecule has 0 nitrogen and oxygen atoms in total. The Kier molecular flexibility index (Phi) is 4.49. The number of benzene rings is 2. The summed E-state index contributed by atoms with van der Waals surface area (Å²) in [5.41, 5.74) is 2.32. The fourth-order valence-corrected chi connectivity index (χ4v) is 3.33. The second-order valence-electron chi connectivity index (χ2n) is 4.15. The zero-order valence-electron chi connectivity index (χ0n) is 9.85. The van der Waals surface area contributed by atoms with Gasteiger partial charge >= 0.3 is 0 Å². The molecule has 1 unspecified atom stereocenters. The number of hydrogen-bond acceptors (Lipinski definition) is 0. The molecule has 0 aliphatic rings. The van der Waals surface area contributed by atoms with Gasteiger partial charge in [-0.2, -0.15) is 0 Å². The van der Waals surface area contributed by atoms with Crippen LogP contribution in [-0.4, -0.2) is 0 Å². The number of rotatable bonds is 2. The second kappa shape index (κ2) is 5.78. The van der Waals surface area contributed by atoms with Crippen LogP contribution in [0.4, 0.5) is 8.78 Å². The third-order valence-electron chi connectivity index (χ3n) is 2.82. The Morgan fingerprint density at radius 2 is 1.63 bits per heavy atom. The molecule has 0 bridgehead atoms. The lowest BCUT2D eigenvalue weighted by Gasteiger charge is -2.15. The Bertz CT molecular complexity index is 629. The molecule has 1 atom stereocenters. The summed E-state index contributed by atoms with van der Waals surface area (Å²) < 4.78 is 26.4. The van der Waals surface area contributed by atoms with E-state index in [9.17, 15) is 8.78 Å². The van der Waals surface area contributed by atoms with Crippen molar-refractivity contribution >= 4 is 39.1 Å².